The summed E-state index contributed by atoms with van der Waals surface area (Å²) in [6.07, 6.45) is 3.82. The molecule has 0 heterocycles. The number of alkyl halides is 1. The van der Waals surface area contributed by atoms with E-state index >= 15 is 0 Å². The fourth-order valence-electron chi connectivity index (χ4n) is 3.96. The zero-order chi connectivity index (χ0) is 22.3. The van der Waals surface area contributed by atoms with Crippen molar-refractivity contribution in [2.75, 3.05) is 0 Å². The lowest BCUT2D eigenvalue weighted by Gasteiger charge is -2.25. The number of hydrogen-bond donors (Lipinski definition) is 0. The van der Waals surface area contributed by atoms with Crippen LogP contribution < -0.4 is 4.74 Å². The molecule has 2 unspecified atom stereocenters. The molecule has 3 aromatic carbocycles. The van der Waals surface area contributed by atoms with Crippen molar-refractivity contribution in [2.24, 2.45) is 5.92 Å². The van der Waals surface area contributed by atoms with E-state index in [1.54, 1.807) is 6.92 Å². The zero-order valence-electron chi connectivity index (χ0n) is 18.2. The molecule has 3 nitrogen and oxygen atoms in total. The van der Waals surface area contributed by atoms with Crippen molar-refractivity contribution >= 4 is 32.8 Å². The van der Waals surface area contributed by atoms with Crippen molar-refractivity contribution < 1.29 is 14.3 Å². The molecule has 4 rings (SSSR count). The van der Waals surface area contributed by atoms with E-state index in [1.807, 2.05) is 24.3 Å². The molecule has 0 amide bonds. The van der Waals surface area contributed by atoms with Gasteiger partial charge in [-0.25, -0.2) is 0 Å². The van der Waals surface area contributed by atoms with Gasteiger partial charge in [0.25, 0.3) is 0 Å². The molecule has 1 aliphatic rings. The minimum atomic E-state index is -0.544. The summed E-state index contributed by atoms with van der Waals surface area (Å²) in [5.41, 5.74) is 0. The molecule has 0 aliphatic heterocycles. The van der Waals surface area contributed by atoms with E-state index in [-0.39, 0.29) is 27.6 Å². The topological polar surface area (TPSA) is 35.5 Å². The smallest absolute Gasteiger partial charge is 0.322 e. The Hall–Kier alpha value is -2.24. The number of ether oxygens (including phenoxy) is 2. The molecule has 0 bridgehead atoms. The van der Waals surface area contributed by atoms with Crippen LogP contribution in [0.1, 0.15) is 32.6 Å². The summed E-state index contributed by atoms with van der Waals surface area (Å²) in [7, 11) is -0.200. The van der Waals surface area contributed by atoms with Crippen molar-refractivity contribution in [3.63, 3.8) is 0 Å². The minimum Gasteiger partial charge on any atom is -0.454 e. The molecule has 0 N–H and O–H groups in total. The Morgan fingerprint density at radius 1 is 0.844 bits per heavy atom. The predicted molar refractivity (Wildman–Crippen MR) is 132 cm³/mol. The van der Waals surface area contributed by atoms with E-state index in [0.29, 0.717) is 0 Å². The standard InChI is InChI=1S/C27H28BrO3S/c1-20(28)26(29)31-27(21-10-8-9-11-21)30-22-16-18-25(19-17-22)32(23-12-4-2-5-13-23)24-14-6-3-7-15-24/h2-7,12-21,27H,8-11H2,1H3/q+1. The third kappa shape index (κ3) is 5.76. The van der Waals surface area contributed by atoms with E-state index in [0.717, 1.165) is 31.4 Å². The van der Waals surface area contributed by atoms with E-state index in [2.05, 4.69) is 76.6 Å². The molecule has 2 atom stereocenters. The first-order valence-electron chi connectivity index (χ1n) is 11.1. The van der Waals surface area contributed by atoms with Crippen molar-refractivity contribution in [1.82, 2.24) is 0 Å². The van der Waals surface area contributed by atoms with Crippen LogP contribution in [0.5, 0.6) is 5.75 Å². The van der Waals surface area contributed by atoms with Crippen LogP contribution in [0.4, 0.5) is 0 Å². The van der Waals surface area contributed by atoms with Gasteiger partial charge in [0.15, 0.2) is 14.7 Å². The first kappa shape index (κ1) is 22.9. The number of benzene rings is 3. The first-order chi connectivity index (χ1) is 15.6. The highest BCUT2D eigenvalue weighted by Gasteiger charge is 2.32. The van der Waals surface area contributed by atoms with Gasteiger partial charge in [0.05, 0.1) is 10.9 Å². The predicted octanol–water partition coefficient (Wildman–Crippen LogP) is 7.00. The highest BCUT2D eigenvalue weighted by atomic mass is 79.9. The molecular weight excluding hydrogens is 484 g/mol. The normalized spacial score (nSPS) is 16.0. The molecule has 0 saturated heterocycles. The summed E-state index contributed by atoms with van der Waals surface area (Å²) >= 11 is 3.30. The maximum Gasteiger partial charge on any atom is 0.322 e. The maximum absolute atomic E-state index is 12.2. The van der Waals surface area contributed by atoms with Crippen LogP contribution in [0, 0.1) is 5.92 Å². The lowest BCUT2D eigenvalue weighted by Crippen LogP contribution is -2.33. The lowest BCUT2D eigenvalue weighted by molar-refractivity contribution is -0.170. The second-order valence-corrected chi connectivity index (χ2v) is 11.4. The Morgan fingerprint density at radius 2 is 1.34 bits per heavy atom. The summed E-state index contributed by atoms with van der Waals surface area (Å²) in [5, 5.41) is 0. The summed E-state index contributed by atoms with van der Waals surface area (Å²) in [4.78, 5) is 15.6. The Balaban J connectivity index is 1.56. The van der Waals surface area contributed by atoms with Crippen LogP contribution in [0.15, 0.2) is 99.6 Å². The van der Waals surface area contributed by atoms with Gasteiger partial charge in [-0.2, -0.15) is 0 Å². The number of hydrogen-bond acceptors (Lipinski definition) is 3. The highest BCUT2D eigenvalue weighted by molar-refractivity contribution is 9.10. The Morgan fingerprint density at radius 3 is 1.84 bits per heavy atom. The van der Waals surface area contributed by atoms with Gasteiger partial charge in [0.1, 0.15) is 10.6 Å². The maximum atomic E-state index is 12.2. The van der Waals surface area contributed by atoms with Crippen molar-refractivity contribution in [2.45, 2.75) is 58.4 Å². The lowest BCUT2D eigenvalue weighted by atomic mass is 10.1. The SMILES string of the molecule is CC(Br)C(=O)OC(Oc1ccc([S+](c2ccccc2)c2ccccc2)cc1)C1CCCC1. The molecule has 0 spiro atoms. The number of halogens is 1. The van der Waals surface area contributed by atoms with E-state index in [9.17, 15) is 4.79 Å². The molecular formula is C27H28BrO3S+. The van der Waals surface area contributed by atoms with Gasteiger partial charge in [-0.1, -0.05) is 65.2 Å². The monoisotopic (exact) mass is 511 g/mol. The van der Waals surface area contributed by atoms with Crippen LogP contribution in [-0.2, 0) is 20.4 Å². The van der Waals surface area contributed by atoms with E-state index in [4.69, 9.17) is 9.47 Å². The molecule has 32 heavy (non-hydrogen) atoms. The van der Waals surface area contributed by atoms with Crippen LogP contribution >= 0.6 is 15.9 Å². The number of rotatable bonds is 8. The second-order valence-electron chi connectivity index (χ2n) is 7.99. The number of esters is 1. The average Bonchev–Trinajstić information content (AvgIpc) is 3.36. The third-order valence-electron chi connectivity index (χ3n) is 5.61. The Labute approximate surface area is 201 Å². The van der Waals surface area contributed by atoms with Gasteiger partial charge in [0, 0.05) is 5.92 Å². The van der Waals surface area contributed by atoms with Crippen LogP contribution in [0.25, 0.3) is 0 Å². The van der Waals surface area contributed by atoms with Crippen molar-refractivity contribution in [1.29, 1.82) is 0 Å². The van der Waals surface area contributed by atoms with Crippen LogP contribution in [0.3, 0.4) is 0 Å². The molecule has 1 saturated carbocycles. The van der Waals surface area contributed by atoms with Crippen molar-refractivity contribution in [3.8, 4) is 5.75 Å². The third-order valence-corrected chi connectivity index (χ3v) is 8.22. The molecule has 166 valence electrons. The largest absolute Gasteiger partial charge is 0.454 e. The first-order valence-corrected chi connectivity index (χ1v) is 13.2. The molecule has 5 heteroatoms. The Bertz CT molecular complexity index is 947. The summed E-state index contributed by atoms with van der Waals surface area (Å²) in [6.45, 7) is 1.77. The van der Waals surface area contributed by atoms with Gasteiger partial charge < -0.3 is 9.47 Å². The van der Waals surface area contributed by atoms with Crippen LogP contribution in [0.2, 0.25) is 0 Å². The zero-order valence-corrected chi connectivity index (χ0v) is 20.6. The fourth-order valence-corrected chi connectivity index (χ4v) is 6.16. The minimum absolute atomic E-state index is 0.200. The van der Waals surface area contributed by atoms with Gasteiger partial charge in [-0.15, -0.1) is 0 Å². The van der Waals surface area contributed by atoms with Crippen LogP contribution in [-0.4, -0.2) is 17.1 Å². The summed E-state index contributed by atoms with van der Waals surface area (Å²) in [6, 6.07) is 29.4. The van der Waals surface area contributed by atoms with E-state index in [1.165, 1.54) is 14.7 Å². The fraction of sp³-hybridized carbons (Fsp3) is 0.296. The van der Waals surface area contributed by atoms with Gasteiger partial charge in [0.2, 0.25) is 6.29 Å². The highest BCUT2D eigenvalue weighted by Crippen LogP contribution is 2.34. The average molecular weight is 512 g/mol. The molecule has 3 aromatic rings. The molecule has 1 fully saturated rings. The van der Waals surface area contributed by atoms with Gasteiger partial charge >= 0.3 is 5.97 Å². The van der Waals surface area contributed by atoms with Gasteiger partial charge in [-0.05, 0) is 68.3 Å². The quantitative estimate of drug-likeness (QED) is 0.141. The van der Waals surface area contributed by atoms with E-state index < -0.39 is 6.29 Å². The Kier molecular flexibility index (Phi) is 7.93. The molecule has 0 aromatic heterocycles. The molecule has 1 aliphatic carbocycles. The second kappa shape index (κ2) is 11.1. The van der Waals surface area contributed by atoms with Crippen molar-refractivity contribution in [3.05, 3.63) is 84.9 Å². The van der Waals surface area contributed by atoms with Gasteiger partial charge in [-0.3, -0.25) is 4.79 Å². The summed E-state index contributed by atoms with van der Waals surface area (Å²) < 4.78 is 11.9. The molecule has 0 radical (unpaired) electrons. The number of carbonyl (C=O) groups is 1. The summed E-state index contributed by atoms with van der Waals surface area (Å²) in [5.74, 6) is 0.687. The number of carbonyl (C=O) groups excluding carboxylic acids is 1.